The van der Waals surface area contributed by atoms with Crippen LogP contribution in [0.1, 0.15) is 17.9 Å². The first-order valence-corrected chi connectivity index (χ1v) is 7.18. The van der Waals surface area contributed by atoms with Gasteiger partial charge in [0.25, 0.3) is 0 Å². The van der Waals surface area contributed by atoms with Crippen molar-refractivity contribution in [1.29, 1.82) is 0 Å². The van der Waals surface area contributed by atoms with Gasteiger partial charge in [0.05, 0.1) is 24.6 Å². The molecule has 0 aliphatic heterocycles. The maximum absolute atomic E-state index is 9.60. The van der Waals surface area contributed by atoms with E-state index < -0.39 is 6.10 Å². The molecule has 114 valence electrons. The molecule has 0 amide bonds. The van der Waals surface area contributed by atoms with Gasteiger partial charge in [-0.3, -0.25) is 4.57 Å². The van der Waals surface area contributed by atoms with Crippen LogP contribution < -0.4 is 5.32 Å². The summed E-state index contributed by atoms with van der Waals surface area (Å²) in [6, 6.07) is 10.2. The number of aliphatic hydroxyl groups excluding tert-OH is 1. The second-order valence-corrected chi connectivity index (χ2v) is 5.04. The highest BCUT2D eigenvalue weighted by atomic mass is 16.5. The number of methoxy groups -OCH3 is 1. The van der Waals surface area contributed by atoms with E-state index in [1.807, 2.05) is 31.3 Å². The number of ether oxygens (including phenoxy) is 1. The molecule has 0 spiro atoms. The number of benzene rings is 1. The van der Waals surface area contributed by atoms with Gasteiger partial charge < -0.3 is 15.2 Å². The van der Waals surface area contributed by atoms with Crippen molar-refractivity contribution in [3.8, 4) is 5.69 Å². The molecule has 0 fully saturated rings. The normalized spacial score (nSPS) is 12.5. The van der Waals surface area contributed by atoms with Crippen molar-refractivity contribution in [2.45, 2.75) is 26.0 Å². The van der Waals surface area contributed by atoms with Crippen molar-refractivity contribution in [1.82, 2.24) is 14.9 Å². The quantitative estimate of drug-likeness (QED) is 0.726. The van der Waals surface area contributed by atoms with Gasteiger partial charge in [0.1, 0.15) is 5.82 Å². The highest BCUT2D eigenvalue weighted by Gasteiger charge is 2.08. The van der Waals surface area contributed by atoms with Crippen LogP contribution in [-0.2, 0) is 11.3 Å². The van der Waals surface area contributed by atoms with E-state index in [4.69, 9.17) is 4.74 Å². The molecule has 0 aliphatic carbocycles. The van der Waals surface area contributed by atoms with Gasteiger partial charge in [-0.05, 0) is 32.0 Å². The first-order chi connectivity index (χ1) is 10.2. The van der Waals surface area contributed by atoms with Crippen molar-refractivity contribution < 1.29 is 9.84 Å². The molecule has 5 nitrogen and oxygen atoms in total. The lowest BCUT2D eigenvalue weighted by Crippen LogP contribution is -2.23. The monoisotopic (exact) mass is 289 g/mol. The lowest BCUT2D eigenvalue weighted by molar-refractivity contribution is 0.0594. The molecule has 2 N–H and O–H groups in total. The molecule has 0 radical (unpaired) electrons. The highest BCUT2D eigenvalue weighted by molar-refractivity contribution is 5.35. The number of rotatable bonds is 8. The Bertz CT molecular complexity index is 540. The summed E-state index contributed by atoms with van der Waals surface area (Å²) in [5.74, 6) is 0.970. The Hall–Kier alpha value is -1.69. The van der Waals surface area contributed by atoms with Gasteiger partial charge in [-0.1, -0.05) is 18.2 Å². The van der Waals surface area contributed by atoms with Crippen LogP contribution >= 0.6 is 0 Å². The molecule has 0 bridgehead atoms. The van der Waals surface area contributed by atoms with Gasteiger partial charge in [-0.15, -0.1) is 0 Å². The van der Waals surface area contributed by atoms with E-state index >= 15 is 0 Å². The van der Waals surface area contributed by atoms with E-state index in [9.17, 15) is 5.11 Å². The Morgan fingerprint density at radius 1 is 1.33 bits per heavy atom. The summed E-state index contributed by atoms with van der Waals surface area (Å²) in [6.07, 6.45) is 2.15. The molecule has 2 rings (SSSR count). The zero-order chi connectivity index (χ0) is 15.1. The molecule has 1 aromatic carbocycles. The number of imidazole rings is 1. The number of nitrogens with one attached hydrogen (secondary N) is 1. The van der Waals surface area contributed by atoms with E-state index in [0.29, 0.717) is 13.0 Å². The van der Waals surface area contributed by atoms with Crippen LogP contribution in [0.15, 0.2) is 36.5 Å². The minimum absolute atomic E-state index is 0.378. The highest BCUT2D eigenvalue weighted by Crippen LogP contribution is 2.14. The molecule has 1 atom stereocenters. The second-order valence-electron chi connectivity index (χ2n) is 5.04. The molecule has 1 unspecified atom stereocenters. The number of aromatic nitrogens is 2. The predicted octanol–water partition coefficient (Wildman–Crippen LogP) is 1.67. The first-order valence-electron chi connectivity index (χ1n) is 7.18. The van der Waals surface area contributed by atoms with Crippen molar-refractivity contribution >= 4 is 0 Å². The smallest absolute Gasteiger partial charge is 0.110 e. The minimum Gasteiger partial charge on any atom is -0.391 e. The molecule has 21 heavy (non-hydrogen) atoms. The molecule has 0 saturated carbocycles. The van der Waals surface area contributed by atoms with Gasteiger partial charge in [0.15, 0.2) is 0 Å². The maximum atomic E-state index is 9.60. The fourth-order valence-corrected chi connectivity index (χ4v) is 2.31. The number of aryl methyl sites for hydroxylation is 1. The van der Waals surface area contributed by atoms with Crippen molar-refractivity contribution in [3.05, 3.63) is 48.0 Å². The van der Waals surface area contributed by atoms with Gasteiger partial charge in [-0.25, -0.2) is 4.98 Å². The average molecular weight is 289 g/mol. The average Bonchev–Trinajstić information content (AvgIpc) is 2.86. The molecule has 1 aromatic heterocycles. The van der Waals surface area contributed by atoms with Crippen LogP contribution in [0.3, 0.4) is 0 Å². The van der Waals surface area contributed by atoms with Crippen LogP contribution in [0, 0.1) is 6.92 Å². The fraction of sp³-hybridized carbons (Fsp3) is 0.438. The largest absolute Gasteiger partial charge is 0.391 e. The summed E-state index contributed by atoms with van der Waals surface area (Å²) in [6.45, 7) is 3.83. The third-order valence-electron chi connectivity index (χ3n) is 3.35. The Morgan fingerprint density at radius 3 is 2.81 bits per heavy atom. The van der Waals surface area contributed by atoms with Crippen LogP contribution in [0.25, 0.3) is 5.69 Å². The molecule has 5 heteroatoms. The van der Waals surface area contributed by atoms with Gasteiger partial charge in [0, 0.05) is 19.3 Å². The Kier molecular flexibility index (Phi) is 5.92. The summed E-state index contributed by atoms with van der Waals surface area (Å²) in [7, 11) is 1.60. The standard InChI is InChI=1S/C16H23N3O2/c1-13-18-11-15(10-17-9-8-16(20)12-21-2)19(13)14-6-4-3-5-7-14/h3-7,11,16-17,20H,8-10,12H2,1-2H3. The number of hydrogen-bond donors (Lipinski definition) is 2. The molecule has 0 saturated heterocycles. The summed E-state index contributed by atoms with van der Waals surface area (Å²) in [4.78, 5) is 4.39. The van der Waals surface area contributed by atoms with Crippen molar-refractivity contribution in [2.75, 3.05) is 20.3 Å². The Balaban J connectivity index is 1.93. The van der Waals surface area contributed by atoms with Crippen LogP contribution in [0.4, 0.5) is 0 Å². The SMILES string of the molecule is COCC(O)CCNCc1cnc(C)n1-c1ccccc1. The van der Waals surface area contributed by atoms with Crippen LogP contribution in [0.5, 0.6) is 0 Å². The lowest BCUT2D eigenvalue weighted by atomic mass is 10.2. The van der Waals surface area contributed by atoms with Gasteiger partial charge in [0.2, 0.25) is 0 Å². The third kappa shape index (κ3) is 4.39. The van der Waals surface area contributed by atoms with E-state index in [1.54, 1.807) is 7.11 Å². The topological polar surface area (TPSA) is 59.3 Å². The van der Waals surface area contributed by atoms with E-state index in [2.05, 4.69) is 27.0 Å². The Morgan fingerprint density at radius 2 is 2.10 bits per heavy atom. The number of hydrogen-bond acceptors (Lipinski definition) is 4. The summed E-state index contributed by atoms with van der Waals surface area (Å²) >= 11 is 0. The number of para-hydroxylation sites is 1. The number of nitrogens with zero attached hydrogens (tertiary/aromatic N) is 2. The van der Waals surface area contributed by atoms with E-state index in [0.717, 1.165) is 30.3 Å². The van der Waals surface area contributed by atoms with Crippen LogP contribution in [-0.4, -0.2) is 41.0 Å². The Labute approximate surface area is 125 Å². The second kappa shape index (κ2) is 7.93. The number of aliphatic hydroxyl groups is 1. The predicted molar refractivity (Wildman–Crippen MR) is 82.5 cm³/mol. The lowest BCUT2D eigenvalue weighted by Gasteiger charge is -2.12. The molecule has 2 aromatic rings. The third-order valence-corrected chi connectivity index (χ3v) is 3.35. The molecule has 1 heterocycles. The van der Waals surface area contributed by atoms with Gasteiger partial charge in [-0.2, -0.15) is 0 Å². The molecular formula is C16H23N3O2. The summed E-state index contributed by atoms with van der Waals surface area (Å²) < 4.78 is 7.04. The zero-order valence-electron chi connectivity index (χ0n) is 12.6. The minimum atomic E-state index is -0.414. The maximum Gasteiger partial charge on any atom is 0.110 e. The van der Waals surface area contributed by atoms with Crippen molar-refractivity contribution in [2.24, 2.45) is 0 Å². The first kappa shape index (κ1) is 15.7. The molecule has 0 aliphatic rings. The zero-order valence-corrected chi connectivity index (χ0v) is 12.6. The molecular weight excluding hydrogens is 266 g/mol. The fourth-order valence-electron chi connectivity index (χ4n) is 2.31. The van der Waals surface area contributed by atoms with Gasteiger partial charge >= 0.3 is 0 Å². The van der Waals surface area contributed by atoms with Crippen molar-refractivity contribution in [3.63, 3.8) is 0 Å². The summed E-state index contributed by atoms with van der Waals surface area (Å²) in [5.41, 5.74) is 2.23. The van der Waals surface area contributed by atoms with E-state index in [1.165, 1.54) is 0 Å². The van der Waals surface area contributed by atoms with Crippen LogP contribution in [0.2, 0.25) is 0 Å². The van der Waals surface area contributed by atoms with E-state index in [-0.39, 0.29) is 0 Å². The summed E-state index contributed by atoms with van der Waals surface area (Å²) in [5, 5.41) is 12.9.